The van der Waals surface area contributed by atoms with Gasteiger partial charge in [0, 0.05) is 6.42 Å². The number of nitrogens with zero attached hydrogens (tertiary/aromatic N) is 1. The molecule has 0 spiro atoms. The molecule has 3 rings (SSSR count). The van der Waals surface area contributed by atoms with Crippen molar-refractivity contribution in [3.63, 3.8) is 0 Å². The third-order valence-electron chi connectivity index (χ3n) is 5.54. The Kier molecular flexibility index (Phi) is 5.84. The Bertz CT molecular complexity index is 1050. The average Bonchev–Trinajstić information content (AvgIpc) is 2.59. The maximum Gasteiger partial charge on any atom is 0.267 e. The van der Waals surface area contributed by atoms with Crippen molar-refractivity contribution in [1.29, 1.82) is 0 Å². The van der Waals surface area contributed by atoms with Crippen molar-refractivity contribution in [2.45, 2.75) is 70.1 Å². The fourth-order valence-corrected chi connectivity index (χ4v) is 5.75. The Hall–Kier alpha value is -2.21. The fourth-order valence-electron chi connectivity index (χ4n) is 3.99. The molecule has 2 aromatic rings. The summed E-state index contributed by atoms with van der Waals surface area (Å²) in [6.45, 7) is 11.7. The van der Waals surface area contributed by atoms with Crippen LogP contribution in [0.3, 0.4) is 0 Å². The molecular weight excluding hydrogens is 401 g/mol. The van der Waals surface area contributed by atoms with Gasteiger partial charge in [0.25, 0.3) is 10.0 Å². The number of hydrogen-bond donors (Lipinski definition) is 0. The number of sulfonamides is 1. The highest BCUT2D eigenvalue weighted by molar-refractivity contribution is 7.90. The summed E-state index contributed by atoms with van der Waals surface area (Å²) in [5.74, 6) is -0.461. The van der Waals surface area contributed by atoms with Gasteiger partial charge in [-0.3, -0.25) is 0 Å². The molecule has 0 N–H and O–H groups in total. The van der Waals surface area contributed by atoms with Crippen LogP contribution in [0.2, 0.25) is 0 Å². The minimum atomic E-state index is -3.85. The molecule has 2 aromatic carbocycles. The summed E-state index contributed by atoms with van der Waals surface area (Å²) in [5.41, 5.74) is 1.26. The van der Waals surface area contributed by atoms with Gasteiger partial charge in [-0.05, 0) is 47.9 Å². The highest BCUT2D eigenvalue weighted by atomic mass is 32.2. The number of ether oxygens (including phenoxy) is 1. The molecule has 0 saturated carbocycles. The molecule has 0 saturated heterocycles. The van der Waals surface area contributed by atoms with Crippen molar-refractivity contribution in [2.75, 3.05) is 0 Å². The number of hydrogen-bond acceptors (Lipinski definition) is 3. The minimum Gasteiger partial charge on any atom is -0.472 e. The van der Waals surface area contributed by atoms with Crippen LogP contribution in [0.1, 0.15) is 75.8 Å². The molecule has 0 amide bonds. The predicted molar refractivity (Wildman–Crippen MR) is 119 cm³/mol. The van der Waals surface area contributed by atoms with Gasteiger partial charge in [0.1, 0.15) is 16.7 Å². The monoisotopic (exact) mass is 431 g/mol. The van der Waals surface area contributed by atoms with Crippen LogP contribution in [0.25, 0.3) is 0 Å². The van der Waals surface area contributed by atoms with Crippen LogP contribution >= 0.6 is 0 Å². The zero-order valence-corrected chi connectivity index (χ0v) is 19.3. The van der Waals surface area contributed by atoms with E-state index in [1.165, 1.54) is 6.07 Å². The molecule has 6 heteroatoms. The lowest BCUT2D eigenvalue weighted by Crippen LogP contribution is -2.43. The lowest BCUT2D eigenvalue weighted by atomic mass is 9.86. The predicted octanol–water partition coefficient (Wildman–Crippen LogP) is 5.90. The van der Waals surface area contributed by atoms with Crippen LogP contribution < -0.4 is 0 Å². The second-order valence-corrected chi connectivity index (χ2v) is 11.3. The first-order valence-electron chi connectivity index (χ1n) is 10.2. The fraction of sp³-hybridized carbons (Fsp3) is 0.458. The molecule has 0 fully saturated rings. The first-order chi connectivity index (χ1) is 13.8. The largest absolute Gasteiger partial charge is 0.472 e. The topological polar surface area (TPSA) is 55.7 Å². The van der Waals surface area contributed by atoms with Gasteiger partial charge in [-0.15, -0.1) is 4.40 Å². The Labute approximate surface area is 179 Å². The number of rotatable bonds is 4. The van der Waals surface area contributed by atoms with Gasteiger partial charge in [-0.2, -0.15) is 0 Å². The quantitative estimate of drug-likeness (QED) is 0.606. The molecule has 0 aromatic heterocycles. The lowest BCUT2D eigenvalue weighted by Gasteiger charge is -2.38. The second kappa shape index (κ2) is 7.80. The van der Waals surface area contributed by atoms with Gasteiger partial charge in [0.05, 0.1) is 0 Å². The van der Waals surface area contributed by atoms with Crippen LogP contribution in [0.5, 0.6) is 0 Å². The molecule has 0 bridgehead atoms. The number of benzene rings is 2. The van der Waals surface area contributed by atoms with E-state index >= 15 is 0 Å². The van der Waals surface area contributed by atoms with Crippen molar-refractivity contribution < 1.29 is 17.5 Å². The number of halogens is 1. The van der Waals surface area contributed by atoms with Gasteiger partial charge in [-0.25, -0.2) is 12.8 Å². The summed E-state index contributed by atoms with van der Waals surface area (Å²) in [6.07, 6.45) is 0.208. The van der Waals surface area contributed by atoms with Crippen molar-refractivity contribution >= 4 is 15.9 Å². The van der Waals surface area contributed by atoms with Gasteiger partial charge in [0.15, 0.2) is 0 Å². The smallest absolute Gasteiger partial charge is 0.267 e. The first kappa shape index (κ1) is 22.5. The molecule has 2 atom stereocenters. The minimum absolute atomic E-state index is 0.0237. The Morgan fingerprint density at radius 2 is 1.70 bits per heavy atom. The summed E-state index contributed by atoms with van der Waals surface area (Å²) in [7, 11) is -3.85. The Morgan fingerprint density at radius 1 is 1.10 bits per heavy atom. The van der Waals surface area contributed by atoms with E-state index in [1.807, 2.05) is 31.2 Å². The van der Waals surface area contributed by atoms with Gasteiger partial charge in [0.2, 0.25) is 5.90 Å². The second-order valence-electron chi connectivity index (χ2n) is 9.58. The van der Waals surface area contributed by atoms with Crippen LogP contribution in [0.15, 0.2) is 52.9 Å². The standard InChI is InChI=1S/C24H30FNO3S/c1-16(19-9-7-8-10-20(19)25)15-21-26-30(27,28)22(24(5,6)29-21)17-11-13-18(14-12-17)23(2,3)4/h7-14,16,22H,15H2,1-6H3/t16-,22?/m1/s1. The summed E-state index contributed by atoms with van der Waals surface area (Å²) >= 11 is 0. The molecule has 0 aliphatic carbocycles. The molecule has 30 heavy (non-hydrogen) atoms. The zero-order valence-electron chi connectivity index (χ0n) is 18.4. The van der Waals surface area contributed by atoms with Crippen LogP contribution in [-0.2, 0) is 20.2 Å². The van der Waals surface area contributed by atoms with Gasteiger partial charge >= 0.3 is 0 Å². The average molecular weight is 432 g/mol. The molecule has 4 nitrogen and oxygen atoms in total. The summed E-state index contributed by atoms with van der Waals surface area (Å²) < 4.78 is 50.4. The van der Waals surface area contributed by atoms with Crippen molar-refractivity contribution in [3.05, 3.63) is 71.0 Å². The normalized spacial score (nSPS) is 21.4. The maximum absolute atomic E-state index is 14.1. The van der Waals surface area contributed by atoms with E-state index in [-0.39, 0.29) is 29.5 Å². The summed E-state index contributed by atoms with van der Waals surface area (Å²) in [4.78, 5) is 0. The third kappa shape index (κ3) is 4.59. The molecule has 1 aliphatic rings. The van der Waals surface area contributed by atoms with Crippen molar-refractivity contribution in [2.24, 2.45) is 4.40 Å². The highest BCUT2D eigenvalue weighted by Gasteiger charge is 2.47. The van der Waals surface area contributed by atoms with E-state index in [2.05, 4.69) is 25.2 Å². The van der Waals surface area contributed by atoms with E-state index in [0.29, 0.717) is 11.1 Å². The van der Waals surface area contributed by atoms with Crippen LogP contribution in [0.4, 0.5) is 4.39 Å². The Balaban J connectivity index is 1.91. The molecule has 1 unspecified atom stereocenters. The van der Waals surface area contributed by atoms with E-state index in [1.54, 1.807) is 32.0 Å². The van der Waals surface area contributed by atoms with E-state index in [0.717, 1.165) is 5.56 Å². The lowest BCUT2D eigenvalue weighted by molar-refractivity contribution is 0.0803. The van der Waals surface area contributed by atoms with E-state index in [9.17, 15) is 12.8 Å². The summed E-state index contributed by atoms with van der Waals surface area (Å²) in [6, 6.07) is 14.1. The Morgan fingerprint density at radius 3 is 2.23 bits per heavy atom. The van der Waals surface area contributed by atoms with Gasteiger partial charge < -0.3 is 4.74 Å². The van der Waals surface area contributed by atoms with Crippen LogP contribution in [-0.4, -0.2) is 19.9 Å². The molecule has 1 heterocycles. The van der Waals surface area contributed by atoms with Gasteiger partial charge in [-0.1, -0.05) is 70.2 Å². The first-order valence-corrected chi connectivity index (χ1v) is 11.7. The molecule has 162 valence electrons. The molecule has 0 radical (unpaired) electrons. The van der Waals surface area contributed by atoms with E-state index in [4.69, 9.17) is 4.74 Å². The van der Waals surface area contributed by atoms with Crippen molar-refractivity contribution in [3.8, 4) is 0 Å². The molecule has 1 aliphatic heterocycles. The summed E-state index contributed by atoms with van der Waals surface area (Å²) in [5, 5.41) is -0.911. The molecular formula is C24H30FNO3S. The third-order valence-corrected chi connectivity index (χ3v) is 7.43. The maximum atomic E-state index is 14.1. The highest BCUT2D eigenvalue weighted by Crippen LogP contribution is 2.42. The van der Waals surface area contributed by atoms with E-state index < -0.39 is 20.9 Å². The van der Waals surface area contributed by atoms with Crippen LogP contribution in [0, 0.1) is 5.82 Å². The zero-order chi connectivity index (χ0) is 22.3. The van der Waals surface area contributed by atoms with Crippen molar-refractivity contribution in [1.82, 2.24) is 0 Å². The SMILES string of the molecule is C[C@H](CC1=NS(=O)(=O)C(c2ccc(C(C)(C)C)cc2)C(C)(C)O1)c1ccccc1F.